The minimum absolute atomic E-state index is 0.596. The Morgan fingerprint density at radius 2 is 1.67 bits per heavy atom. The molecule has 4 aliphatic rings. The summed E-state index contributed by atoms with van der Waals surface area (Å²) in [6.45, 7) is 13.1. The van der Waals surface area contributed by atoms with Gasteiger partial charge >= 0.3 is 0 Å². The minimum atomic E-state index is 0.596. The van der Waals surface area contributed by atoms with Crippen molar-refractivity contribution in [2.45, 2.75) is 66.7 Å². The van der Waals surface area contributed by atoms with E-state index >= 15 is 0 Å². The van der Waals surface area contributed by atoms with Crippen molar-refractivity contribution in [2.75, 3.05) is 0 Å². The lowest BCUT2D eigenvalue weighted by Crippen LogP contribution is -2.72. The minimum Gasteiger partial charge on any atom is -0.0619 e. The quantitative estimate of drug-likeness (QED) is 0.556. The Hall–Kier alpha value is 0. The highest BCUT2D eigenvalue weighted by Crippen LogP contribution is 2.81. The molecule has 4 aliphatic carbocycles. The molecule has 0 radical (unpaired) electrons. The van der Waals surface area contributed by atoms with Crippen molar-refractivity contribution in [3.63, 3.8) is 0 Å². The van der Waals surface area contributed by atoms with Crippen LogP contribution in [0.1, 0.15) is 66.7 Å². The Morgan fingerprint density at radius 1 is 0.944 bits per heavy atom. The second kappa shape index (κ2) is 3.01. The molecule has 4 fully saturated rings. The van der Waals surface area contributed by atoms with Crippen molar-refractivity contribution in [3.05, 3.63) is 0 Å². The fourth-order valence-corrected chi connectivity index (χ4v) is 7.72. The van der Waals surface area contributed by atoms with Crippen molar-refractivity contribution in [3.8, 4) is 0 Å². The van der Waals surface area contributed by atoms with Crippen molar-refractivity contribution in [1.29, 1.82) is 0 Å². The Morgan fingerprint density at radius 3 is 2.39 bits per heavy atom. The summed E-state index contributed by atoms with van der Waals surface area (Å²) < 4.78 is 0. The monoisotopic (exact) mass is 246 g/mol. The van der Waals surface area contributed by atoms with Crippen LogP contribution in [0, 0.1) is 45.8 Å². The van der Waals surface area contributed by atoms with E-state index in [1.807, 2.05) is 0 Å². The van der Waals surface area contributed by atoms with E-state index in [0.29, 0.717) is 16.2 Å². The van der Waals surface area contributed by atoms with E-state index in [1.165, 1.54) is 19.3 Å². The highest BCUT2D eigenvalue weighted by atomic mass is 14.8. The zero-order valence-electron chi connectivity index (χ0n) is 12.9. The van der Waals surface area contributed by atoms with Crippen LogP contribution < -0.4 is 0 Å². The fourth-order valence-electron chi connectivity index (χ4n) is 7.72. The molecule has 0 amide bonds. The summed E-state index contributed by atoms with van der Waals surface area (Å²) in [6, 6.07) is 0. The second-order valence-electron chi connectivity index (χ2n) is 9.21. The first-order valence-electron chi connectivity index (χ1n) is 8.33. The molecule has 4 rings (SSSR count). The average Bonchev–Trinajstić information content (AvgIpc) is 2.68. The maximum atomic E-state index is 2.66. The molecule has 0 spiro atoms. The van der Waals surface area contributed by atoms with E-state index in [4.69, 9.17) is 0 Å². The standard InChI is InChI=1S/C18H30/c1-11-9-12-10-14-15(16(2,3)18(11,14)5)13-7-6-8-17(12,13)4/h11-15H,6-10H2,1-5H3. The van der Waals surface area contributed by atoms with Crippen molar-refractivity contribution >= 4 is 0 Å². The lowest BCUT2D eigenvalue weighted by Gasteiger charge is -2.78. The molecule has 0 aromatic carbocycles. The Bertz CT molecular complexity index is 393. The third kappa shape index (κ3) is 0.937. The van der Waals surface area contributed by atoms with Gasteiger partial charge in [-0.1, -0.05) is 41.0 Å². The van der Waals surface area contributed by atoms with Crippen LogP contribution in [-0.2, 0) is 0 Å². The van der Waals surface area contributed by atoms with Gasteiger partial charge in [-0.2, -0.15) is 0 Å². The van der Waals surface area contributed by atoms with Crippen LogP contribution in [0.25, 0.3) is 0 Å². The molecule has 7 unspecified atom stereocenters. The molecule has 0 N–H and O–H groups in total. The van der Waals surface area contributed by atoms with Crippen molar-refractivity contribution in [1.82, 2.24) is 0 Å². The lowest BCUT2D eigenvalue weighted by molar-refractivity contribution is -0.303. The maximum absolute atomic E-state index is 2.66. The van der Waals surface area contributed by atoms with Crippen LogP contribution in [0.15, 0.2) is 0 Å². The van der Waals surface area contributed by atoms with E-state index in [9.17, 15) is 0 Å². The van der Waals surface area contributed by atoms with E-state index in [0.717, 1.165) is 29.6 Å². The summed E-state index contributed by atoms with van der Waals surface area (Å²) in [5.74, 6) is 5.19. The van der Waals surface area contributed by atoms with Crippen molar-refractivity contribution in [2.24, 2.45) is 45.8 Å². The Labute approximate surface area is 113 Å². The van der Waals surface area contributed by atoms with Gasteiger partial charge in [-0.25, -0.2) is 0 Å². The zero-order valence-corrected chi connectivity index (χ0v) is 12.9. The molecule has 0 nitrogen and oxygen atoms in total. The molecule has 0 heterocycles. The first-order chi connectivity index (χ1) is 8.33. The molecule has 18 heavy (non-hydrogen) atoms. The van der Waals surface area contributed by atoms with Gasteiger partial charge < -0.3 is 0 Å². The number of fused-ring (bicyclic) bond motifs is 4. The average molecular weight is 246 g/mol. The molecule has 7 atom stereocenters. The van der Waals surface area contributed by atoms with Crippen LogP contribution in [-0.4, -0.2) is 0 Å². The van der Waals surface area contributed by atoms with Gasteiger partial charge in [-0.05, 0) is 71.5 Å². The number of hydrogen-bond donors (Lipinski definition) is 0. The summed E-state index contributed by atoms with van der Waals surface area (Å²) >= 11 is 0. The smallest absolute Gasteiger partial charge is 0.0215 e. The van der Waals surface area contributed by atoms with Gasteiger partial charge in [0.25, 0.3) is 0 Å². The van der Waals surface area contributed by atoms with E-state index in [2.05, 4.69) is 34.6 Å². The Kier molecular flexibility index (Phi) is 1.98. The molecule has 0 aliphatic heterocycles. The normalized spacial score (nSPS) is 64.2. The highest BCUT2D eigenvalue weighted by Gasteiger charge is 2.74. The van der Waals surface area contributed by atoms with Gasteiger partial charge in [0, 0.05) is 0 Å². The first kappa shape index (κ1) is 11.8. The lowest BCUT2D eigenvalue weighted by atomic mass is 9.26. The topological polar surface area (TPSA) is 0 Å². The zero-order chi connectivity index (χ0) is 12.9. The van der Waals surface area contributed by atoms with Crippen molar-refractivity contribution < 1.29 is 0 Å². The molecule has 0 heteroatoms. The SMILES string of the molecule is CC1CC2CC3C(C4CCCC24C)C(C)(C)C13C. The third-order valence-corrected chi connectivity index (χ3v) is 9.07. The Balaban J connectivity index is 1.84. The summed E-state index contributed by atoms with van der Waals surface area (Å²) in [4.78, 5) is 0. The highest BCUT2D eigenvalue weighted by molar-refractivity contribution is 5.22. The van der Waals surface area contributed by atoms with Crippen LogP contribution >= 0.6 is 0 Å². The summed E-state index contributed by atoms with van der Waals surface area (Å²) in [5, 5.41) is 0. The third-order valence-electron chi connectivity index (χ3n) is 9.07. The predicted octanol–water partition coefficient (Wildman–Crippen LogP) is 5.13. The van der Waals surface area contributed by atoms with Crippen LogP contribution in [0.3, 0.4) is 0 Å². The molecular weight excluding hydrogens is 216 g/mol. The number of hydrogen-bond acceptors (Lipinski definition) is 0. The molecule has 0 saturated heterocycles. The van der Waals surface area contributed by atoms with Crippen LogP contribution in [0.2, 0.25) is 0 Å². The van der Waals surface area contributed by atoms with Gasteiger partial charge in [0.15, 0.2) is 0 Å². The molecular formula is C18H30. The van der Waals surface area contributed by atoms with E-state index in [-0.39, 0.29) is 0 Å². The van der Waals surface area contributed by atoms with Crippen LogP contribution in [0.4, 0.5) is 0 Å². The number of rotatable bonds is 0. The summed E-state index contributed by atoms with van der Waals surface area (Å²) in [5.41, 5.74) is 1.96. The first-order valence-corrected chi connectivity index (χ1v) is 8.33. The van der Waals surface area contributed by atoms with Gasteiger partial charge in [-0.15, -0.1) is 0 Å². The molecule has 2 bridgehead atoms. The van der Waals surface area contributed by atoms with E-state index < -0.39 is 0 Å². The second-order valence-corrected chi connectivity index (χ2v) is 9.21. The predicted molar refractivity (Wildman–Crippen MR) is 76.2 cm³/mol. The van der Waals surface area contributed by atoms with Gasteiger partial charge in [0.1, 0.15) is 0 Å². The van der Waals surface area contributed by atoms with Gasteiger partial charge in [0.05, 0.1) is 0 Å². The molecule has 102 valence electrons. The van der Waals surface area contributed by atoms with Gasteiger partial charge in [0.2, 0.25) is 0 Å². The molecule has 0 aromatic heterocycles. The fraction of sp³-hybridized carbons (Fsp3) is 1.00. The summed E-state index contributed by atoms with van der Waals surface area (Å²) in [7, 11) is 0. The maximum Gasteiger partial charge on any atom is -0.0215 e. The van der Waals surface area contributed by atoms with Crippen LogP contribution in [0.5, 0.6) is 0 Å². The van der Waals surface area contributed by atoms with E-state index in [1.54, 1.807) is 12.8 Å². The molecule has 4 saturated carbocycles. The van der Waals surface area contributed by atoms with Gasteiger partial charge in [-0.3, -0.25) is 0 Å². The summed E-state index contributed by atoms with van der Waals surface area (Å²) in [6.07, 6.45) is 7.69. The largest absolute Gasteiger partial charge is 0.0619 e. The molecule has 0 aromatic rings.